The molecule has 2 atom stereocenters. The number of carbonyl (C=O) groups is 1. The fourth-order valence-electron chi connectivity index (χ4n) is 3.06. The van der Waals surface area contributed by atoms with Crippen molar-refractivity contribution in [1.82, 2.24) is 0 Å². The second kappa shape index (κ2) is 4.82. The van der Waals surface area contributed by atoms with Crippen LogP contribution < -0.4 is 0 Å². The molecule has 2 fully saturated rings. The first kappa shape index (κ1) is 10.7. The van der Waals surface area contributed by atoms with Gasteiger partial charge in [0.15, 0.2) is 0 Å². The Hall–Kier alpha value is -0.790. The fraction of sp³-hybridized carbons (Fsp3) is 0.769. The molecule has 84 valence electrons. The second-order valence-electron chi connectivity index (χ2n) is 4.98. The van der Waals surface area contributed by atoms with E-state index in [9.17, 15) is 4.79 Å². The predicted molar refractivity (Wildman–Crippen MR) is 59.6 cm³/mol. The second-order valence-corrected chi connectivity index (χ2v) is 4.98. The molecular weight excluding hydrogens is 188 g/mol. The summed E-state index contributed by atoms with van der Waals surface area (Å²) in [4.78, 5) is 10.4. The third-order valence-electron chi connectivity index (χ3n) is 3.91. The van der Waals surface area contributed by atoms with E-state index in [1.54, 1.807) is 5.57 Å². The normalized spacial score (nSPS) is 32.1. The van der Waals surface area contributed by atoms with Crippen LogP contribution in [0.3, 0.4) is 0 Å². The highest BCUT2D eigenvalue weighted by Gasteiger charge is 2.31. The Morgan fingerprint density at radius 3 is 3.07 bits per heavy atom. The average Bonchev–Trinajstić information content (AvgIpc) is 2.58. The number of unbranched alkanes of at least 4 members (excludes halogenated alkanes) is 1. The zero-order chi connectivity index (χ0) is 10.7. The molecule has 0 radical (unpaired) electrons. The van der Waals surface area contributed by atoms with Crippen LogP contribution in [-0.2, 0) is 4.79 Å². The van der Waals surface area contributed by atoms with Crippen LogP contribution in [-0.4, -0.2) is 11.1 Å². The molecule has 2 heteroatoms. The van der Waals surface area contributed by atoms with E-state index in [-0.39, 0.29) is 0 Å². The van der Waals surface area contributed by atoms with Gasteiger partial charge >= 0.3 is 5.97 Å². The van der Waals surface area contributed by atoms with Crippen LogP contribution in [0.4, 0.5) is 0 Å². The molecule has 0 heterocycles. The molecule has 2 aliphatic rings. The Morgan fingerprint density at radius 1 is 1.40 bits per heavy atom. The first-order valence-corrected chi connectivity index (χ1v) is 6.16. The number of allylic oxidation sites excluding steroid dienone is 2. The molecule has 0 aromatic rings. The SMILES string of the molecule is O=C(O)CCC/C=C1\CCC2CCC1C2. The quantitative estimate of drug-likeness (QED) is 0.568. The lowest BCUT2D eigenvalue weighted by atomic mass is 9.84. The molecule has 1 N–H and O–H groups in total. The largest absolute Gasteiger partial charge is 0.481 e. The highest BCUT2D eigenvalue weighted by atomic mass is 16.4. The molecule has 15 heavy (non-hydrogen) atoms. The third kappa shape index (κ3) is 2.83. The molecule has 0 amide bonds. The summed E-state index contributed by atoms with van der Waals surface area (Å²) in [6.45, 7) is 0. The molecule has 2 rings (SSSR count). The van der Waals surface area contributed by atoms with E-state index in [0.717, 1.165) is 24.7 Å². The maximum atomic E-state index is 10.4. The zero-order valence-corrected chi connectivity index (χ0v) is 9.24. The van der Waals surface area contributed by atoms with Gasteiger partial charge in [-0.05, 0) is 56.8 Å². The van der Waals surface area contributed by atoms with Crippen molar-refractivity contribution in [3.63, 3.8) is 0 Å². The topological polar surface area (TPSA) is 37.3 Å². The predicted octanol–water partition coefficient (Wildman–Crippen LogP) is 3.38. The molecule has 2 saturated carbocycles. The number of carboxylic acids is 1. The van der Waals surface area contributed by atoms with Crippen LogP contribution in [0.1, 0.15) is 51.4 Å². The van der Waals surface area contributed by atoms with Gasteiger partial charge in [-0.15, -0.1) is 0 Å². The minimum Gasteiger partial charge on any atom is -0.481 e. The minimum absolute atomic E-state index is 0.317. The molecule has 2 nitrogen and oxygen atoms in total. The van der Waals surface area contributed by atoms with E-state index in [4.69, 9.17) is 5.11 Å². The Kier molecular flexibility index (Phi) is 3.45. The van der Waals surface area contributed by atoms with Gasteiger partial charge in [0, 0.05) is 6.42 Å². The van der Waals surface area contributed by atoms with Crippen molar-refractivity contribution >= 4 is 5.97 Å². The van der Waals surface area contributed by atoms with E-state index in [2.05, 4.69) is 6.08 Å². The van der Waals surface area contributed by atoms with Gasteiger partial charge in [-0.1, -0.05) is 11.6 Å². The van der Waals surface area contributed by atoms with Gasteiger partial charge in [0.05, 0.1) is 0 Å². The summed E-state index contributed by atoms with van der Waals surface area (Å²) in [6, 6.07) is 0. The highest BCUT2D eigenvalue weighted by Crippen LogP contribution is 2.45. The Morgan fingerprint density at radius 2 is 2.27 bits per heavy atom. The lowest BCUT2D eigenvalue weighted by molar-refractivity contribution is -0.137. The van der Waals surface area contributed by atoms with Gasteiger partial charge in [-0.25, -0.2) is 0 Å². The maximum Gasteiger partial charge on any atom is 0.303 e. The zero-order valence-electron chi connectivity index (χ0n) is 9.24. The Balaban J connectivity index is 1.77. The Labute approximate surface area is 91.4 Å². The smallest absolute Gasteiger partial charge is 0.303 e. The number of aliphatic carboxylic acids is 1. The van der Waals surface area contributed by atoms with E-state index >= 15 is 0 Å². The van der Waals surface area contributed by atoms with Crippen LogP contribution in [0.5, 0.6) is 0 Å². The maximum absolute atomic E-state index is 10.4. The summed E-state index contributed by atoms with van der Waals surface area (Å²) in [6.07, 6.45) is 11.3. The van der Waals surface area contributed by atoms with Crippen LogP contribution in [0.25, 0.3) is 0 Å². The van der Waals surface area contributed by atoms with Crippen LogP contribution >= 0.6 is 0 Å². The van der Waals surface area contributed by atoms with E-state index in [1.807, 2.05) is 0 Å². The average molecular weight is 208 g/mol. The summed E-state index contributed by atoms with van der Waals surface area (Å²) in [5.74, 6) is 1.19. The summed E-state index contributed by atoms with van der Waals surface area (Å²) in [5.41, 5.74) is 1.63. The third-order valence-corrected chi connectivity index (χ3v) is 3.91. The van der Waals surface area contributed by atoms with Crippen LogP contribution in [0.2, 0.25) is 0 Å². The van der Waals surface area contributed by atoms with E-state index < -0.39 is 5.97 Å². The molecule has 0 aromatic carbocycles. The number of hydrogen-bond acceptors (Lipinski definition) is 1. The Bertz CT molecular complexity index is 268. The molecule has 0 saturated heterocycles. The summed E-state index contributed by atoms with van der Waals surface area (Å²) < 4.78 is 0. The van der Waals surface area contributed by atoms with Gasteiger partial charge in [0.1, 0.15) is 0 Å². The molecule has 0 aliphatic heterocycles. The number of hydrogen-bond donors (Lipinski definition) is 1. The van der Waals surface area contributed by atoms with Gasteiger partial charge in [0.25, 0.3) is 0 Å². The highest BCUT2D eigenvalue weighted by molar-refractivity contribution is 5.66. The van der Waals surface area contributed by atoms with Gasteiger partial charge in [0.2, 0.25) is 0 Å². The molecule has 0 aromatic heterocycles. The molecular formula is C13H20O2. The first-order valence-electron chi connectivity index (χ1n) is 6.16. The van der Waals surface area contributed by atoms with Crippen molar-refractivity contribution in [2.75, 3.05) is 0 Å². The lowest BCUT2D eigenvalue weighted by Gasteiger charge is -2.22. The van der Waals surface area contributed by atoms with E-state index in [0.29, 0.717) is 6.42 Å². The van der Waals surface area contributed by atoms with Crippen molar-refractivity contribution in [2.24, 2.45) is 11.8 Å². The van der Waals surface area contributed by atoms with Crippen molar-refractivity contribution in [1.29, 1.82) is 0 Å². The van der Waals surface area contributed by atoms with Gasteiger partial charge in [-0.2, -0.15) is 0 Å². The van der Waals surface area contributed by atoms with Crippen LogP contribution in [0, 0.1) is 11.8 Å². The first-order chi connectivity index (χ1) is 7.25. The molecule has 2 aliphatic carbocycles. The summed E-state index contributed by atoms with van der Waals surface area (Å²) in [5, 5.41) is 8.53. The standard InChI is InChI=1S/C13H20O2/c14-13(15)4-2-1-3-11-7-5-10-6-8-12(11)9-10/h3,10,12H,1-2,4-9H2,(H,14,15)/b11-3+. The van der Waals surface area contributed by atoms with E-state index in [1.165, 1.54) is 32.1 Å². The summed E-state index contributed by atoms with van der Waals surface area (Å²) >= 11 is 0. The van der Waals surface area contributed by atoms with Crippen LogP contribution in [0.15, 0.2) is 11.6 Å². The molecule has 2 unspecified atom stereocenters. The van der Waals surface area contributed by atoms with Crippen molar-refractivity contribution in [2.45, 2.75) is 51.4 Å². The minimum atomic E-state index is -0.669. The molecule has 0 spiro atoms. The van der Waals surface area contributed by atoms with Crippen molar-refractivity contribution in [3.8, 4) is 0 Å². The number of fused-ring (bicyclic) bond motifs is 2. The van der Waals surface area contributed by atoms with Gasteiger partial charge in [-0.3, -0.25) is 4.79 Å². The number of rotatable bonds is 4. The van der Waals surface area contributed by atoms with Crippen molar-refractivity contribution in [3.05, 3.63) is 11.6 Å². The lowest BCUT2D eigenvalue weighted by Crippen LogP contribution is -2.08. The monoisotopic (exact) mass is 208 g/mol. The fourth-order valence-corrected chi connectivity index (χ4v) is 3.06. The number of carboxylic acid groups (broad SMARTS) is 1. The summed E-state index contributed by atoms with van der Waals surface area (Å²) in [7, 11) is 0. The van der Waals surface area contributed by atoms with Crippen molar-refractivity contribution < 1.29 is 9.90 Å². The van der Waals surface area contributed by atoms with Gasteiger partial charge < -0.3 is 5.11 Å². The molecule has 2 bridgehead atoms.